The summed E-state index contributed by atoms with van der Waals surface area (Å²) in [4.78, 5) is 11.3. The molecule has 0 atom stereocenters. The first-order valence-electron chi connectivity index (χ1n) is 5.23. The fourth-order valence-corrected chi connectivity index (χ4v) is 1.32. The molecule has 0 aromatic heterocycles. The molecule has 0 bridgehead atoms. The third-order valence-electron chi connectivity index (χ3n) is 2.12. The summed E-state index contributed by atoms with van der Waals surface area (Å²) in [5.41, 5.74) is -1.03. The van der Waals surface area contributed by atoms with Crippen LogP contribution < -0.4 is 10.6 Å². The molecule has 0 heterocycles. The Bertz CT molecular complexity index is 391. The van der Waals surface area contributed by atoms with Crippen LogP contribution in [0.15, 0.2) is 24.3 Å². The Labute approximate surface area is 97.0 Å². The number of anilines is 1. The van der Waals surface area contributed by atoms with E-state index in [-0.39, 0.29) is 12.2 Å². The standard InChI is InChI=1S/C11H13F3N2O/c1-2-15-7-10(17)16-9-6-4-3-5-8(9)11(12,13)14/h3-6,15H,2,7H2,1H3,(H,16,17)/p+1. The van der Waals surface area contributed by atoms with E-state index in [1.165, 1.54) is 18.2 Å². The highest BCUT2D eigenvalue weighted by Crippen LogP contribution is 2.34. The molecule has 17 heavy (non-hydrogen) atoms. The summed E-state index contributed by atoms with van der Waals surface area (Å²) < 4.78 is 37.8. The number of quaternary nitrogens is 1. The van der Waals surface area contributed by atoms with Crippen LogP contribution in [0.5, 0.6) is 0 Å². The number of carbonyl (C=O) groups excluding carboxylic acids is 1. The zero-order valence-corrected chi connectivity index (χ0v) is 9.34. The molecule has 0 spiro atoms. The number of hydrogen-bond acceptors (Lipinski definition) is 1. The number of rotatable bonds is 4. The Morgan fingerprint density at radius 2 is 2.00 bits per heavy atom. The van der Waals surface area contributed by atoms with Crippen molar-refractivity contribution < 1.29 is 23.3 Å². The topological polar surface area (TPSA) is 45.7 Å². The first-order chi connectivity index (χ1) is 7.95. The lowest BCUT2D eigenvalue weighted by molar-refractivity contribution is -0.640. The van der Waals surface area contributed by atoms with Crippen LogP contribution in [0.2, 0.25) is 0 Å². The second kappa shape index (κ2) is 5.67. The van der Waals surface area contributed by atoms with E-state index in [9.17, 15) is 18.0 Å². The summed E-state index contributed by atoms with van der Waals surface area (Å²) in [6, 6.07) is 4.93. The monoisotopic (exact) mass is 247 g/mol. The fourth-order valence-electron chi connectivity index (χ4n) is 1.32. The number of nitrogens with one attached hydrogen (secondary N) is 1. The fraction of sp³-hybridized carbons (Fsp3) is 0.364. The molecule has 0 fully saturated rings. The first-order valence-corrected chi connectivity index (χ1v) is 5.23. The van der Waals surface area contributed by atoms with Gasteiger partial charge in [-0.3, -0.25) is 4.79 Å². The number of nitrogens with two attached hydrogens (primary N) is 1. The minimum absolute atomic E-state index is 0.114. The van der Waals surface area contributed by atoms with Crippen LogP contribution in [-0.4, -0.2) is 19.0 Å². The maximum Gasteiger partial charge on any atom is 0.418 e. The summed E-state index contributed by atoms with van der Waals surface area (Å²) in [6.45, 7) is 2.67. The molecule has 0 unspecified atom stereocenters. The molecule has 3 N–H and O–H groups in total. The van der Waals surface area contributed by atoms with E-state index in [2.05, 4.69) is 5.32 Å². The molecule has 1 rings (SSSR count). The van der Waals surface area contributed by atoms with Crippen molar-refractivity contribution in [2.45, 2.75) is 13.1 Å². The van der Waals surface area contributed by atoms with Gasteiger partial charge >= 0.3 is 6.18 Å². The van der Waals surface area contributed by atoms with E-state index in [4.69, 9.17) is 0 Å². The van der Waals surface area contributed by atoms with Gasteiger partial charge in [-0.1, -0.05) is 12.1 Å². The number of amides is 1. The predicted octanol–water partition coefficient (Wildman–Crippen LogP) is 1.23. The smallest absolute Gasteiger partial charge is 0.339 e. The Kier molecular flexibility index (Phi) is 4.51. The van der Waals surface area contributed by atoms with Gasteiger partial charge in [-0.2, -0.15) is 13.2 Å². The number of likely N-dealkylation sites (N-methyl/N-ethyl adjacent to an activating group) is 1. The molecule has 0 aliphatic carbocycles. The van der Waals surface area contributed by atoms with Crippen LogP contribution in [0.4, 0.5) is 18.9 Å². The highest BCUT2D eigenvalue weighted by molar-refractivity contribution is 5.92. The van der Waals surface area contributed by atoms with Crippen molar-refractivity contribution in [3.8, 4) is 0 Å². The molecule has 3 nitrogen and oxygen atoms in total. The van der Waals surface area contributed by atoms with Crippen LogP contribution in [0.1, 0.15) is 12.5 Å². The van der Waals surface area contributed by atoms with Crippen molar-refractivity contribution in [1.82, 2.24) is 0 Å². The lowest BCUT2D eigenvalue weighted by Crippen LogP contribution is -2.85. The van der Waals surface area contributed by atoms with Crippen molar-refractivity contribution in [2.24, 2.45) is 0 Å². The molecule has 1 amide bonds. The highest BCUT2D eigenvalue weighted by Gasteiger charge is 2.33. The maximum absolute atomic E-state index is 12.6. The van der Waals surface area contributed by atoms with Gasteiger partial charge in [-0.05, 0) is 19.1 Å². The predicted molar refractivity (Wildman–Crippen MR) is 57.4 cm³/mol. The number of alkyl halides is 3. The SMILES string of the molecule is CC[NH2+]CC(=O)Nc1ccccc1C(F)(F)F. The van der Waals surface area contributed by atoms with E-state index in [1.54, 1.807) is 5.32 Å². The van der Waals surface area contributed by atoms with E-state index in [1.807, 2.05) is 6.92 Å². The maximum atomic E-state index is 12.6. The van der Waals surface area contributed by atoms with Gasteiger partial charge in [0.05, 0.1) is 17.8 Å². The van der Waals surface area contributed by atoms with Crippen molar-refractivity contribution in [3.05, 3.63) is 29.8 Å². The van der Waals surface area contributed by atoms with Crippen LogP contribution >= 0.6 is 0 Å². The average molecular weight is 247 g/mol. The van der Waals surface area contributed by atoms with Crippen LogP contribution in [0, 0.1) is 0 Å². The van der Waals surface area contributed by atoms with Crippen molar-refractivity contribution in [2.75, 3.05) is 18.4 Å². The molecule has 0 saturated heterocycles. The third kappa shape index (κ3) is 4.07. The van der Waals surface area contributed by atoms with E-state index >= 15 is 0 Å². The normalized spacial score (nSPS) is 11.3. The summed E-state index contributed by atoms with van der Waals surface area (Å²) >= 11 is 0. The van der Waals surface area contributed by atoms with Gasteiger partial charge < -0.3 is 10.6 Å². The second-order valence-electron chi connectivity index (χ2n) is 3.49. The van der Waals surface area contributed by atoms with Crippen LogP contribution in [0.25, 0.3) is 0 Å². The number of halogens is 3. The van der Waals surface area contributed by atoms with Gasteiger partial charge in [0.1, 0.15) is 0 Å². The Balaban J connectivity index is 2.81. The number of benzene rings is 1. The lowest BCUT2D eigenvalue weighted by Gasteiger charge is -2.12. The molecular weight excluding hydrogens is 233 g/mol. The second-order valence-corrected chi connectivity index (χ2v) is 3.49. The molecule has 1 aromatic carbocycles. The van der Waals surface area contributed by atoms with Crippen LogP contribution in [-0.2, 0) is 11.0 Å². The molecule has 0 aliphatic rings. The molecule has 0 radical (unpaired) electrons. The minimum atomic E-state index is -4.46. The van der Waals surface area contributed by atoms with Crippen molar-refractivity contribution in [1.29, 1.82) is 0 Å². The number of para-hydroxylation sites is 1. The Morgan fingerprint density at radius 3 is 2.59 bits per heavy atom. The zero-order chi connectivity index (χ0) is 12.9. The zero-order valence-electron chi connectivity index (χ0n) is 9.34. The average Bonchev–Trinajstić information content (AvgIpc) is 2.25. The van der Waals surface area contributed by atoms with E-state index in [0.717, 1.165) is 6.07 Å². The molecule has 0 saturated carbocycles. The lowest BCUT2D eigenvalue weighted by atomic mass is 10.1. The van der Waals surface area contributed by atoms with Gasteiger partial charge in [0.25, 0.3) is 5.91 Å². The summed E-state index contributed by atoms with van der Waals surface area (Å²) in [5, 5.41) is 3.96. The van der Waals surface area contributed by atoms with Gasteiger partial charge in [-0.25, -0.2) is 0 Å². The highest BCUT2D eigenvalue weighted by atomic mass is 19.4. The molecule has 1 aromatic rings. The van der Waals surface area contributed by atoms with E-state index in [0.29, 0.717) is 6.54 Å². The number of hydrogen-bond donors (Lipinski definition) is 2. The van der Waals surface area contributed by atoms with Gasteiger partial charge in [0.15, 0.2) is 6.54 Å². The largest absolute Gasteiger partial charge is 0.418 e. The number of carbonyl (C=O) groups is 1. The summed E-state index contributed by atoms with van der Waals surface area (Å²) in [6.07, 6.45) is -4.46. The summed E-state index contributed by atoms with van der Waals surface area (Å²) in [5.74, 6) is -0.441. The Morgan fingerprint density at radius 1 is 1.35 bits per heavy atom. The molecule has 6 heteroatoms. The molecular formula is C11H14F3N2O+. The van der Waals surface area contributed by atoms with Gasteiger partial charge in [0, 0.05) is 0 Å². The van der Waals surface area contributed by atoms with E-state index < -0.39 is 17.6 Å². The van der Waals surface area contributed by atoms with Crippen molar-refractivity contribution in [3.63, 3.8) is 0 Å². The minimum Gasteiger partial charge on any atom is -0.339 e. The molecule has 94 valence electrons. The summed E-state index contributed by atoms with van der Waals surface area (Å²) in [7, 11) is 0. The van der Waals surface area contributed by atoms with Gasteiger partial charge in [0.2, 0.25) is 0 Å². The quantitative estimate of drug-likeness (QED) is 0.825. The van der Waals surface area contributed by atoms with Crippen LogP contribution in [0.3, 0.4) is 0 Å². The third-order valence-corrected chi connectivity index (χ3v) is 2.12. The first kappa shape index (κ1) is 13.5. The van der Waals surface area contributed by atoms with Crippen molar-refractivity contribution >= 4 is 11.6 Å². The molecule has 0 aliphatic heterocycles. The van der Waals surface area contributed by atoms with Gasteiger partial charge in [-0.15, -0.1) is 0 Å². The Hall–Kier alpha value is -1.56.